The maximum Gasteiger partial charge on any atom is 0.188 e. The molecule has 0 radical (unpaired) electrons. The van der Waals surface area contributed by atoms with E-state index in [1.165, 1.54) is 0 Å². The normalized spacial score (nSPS) is 17.1. The number of methoxy groups -OCH3 is 1. The van der Waals surface area contributed by atoms with Crippen molar-refractivity contribution in [1.29, 1.82) is 0 Å². The van der Waals surface area contributed by atoms with Gasteiger partial charge < -0.3 is 20.5 Å². The highest BCUT2D eigenvalue weighted by Gasteiger charge is 2.17. The average molecular weight is 428 g/mol. The summed E-state index contributed by atoms with van der Waals surface area (Å²) in [6.45, 7) is 11.6. The third-order valence-electron chi connectivity index (χ3n) is 3.72. The van der Waals surface area contributed by atoms with Crippen molar-refractivity contribution in [3.8, 4) is 0 Å². The maximum absolute atomic E-state index is 5.90. The van der Waals surface area contributed by atoms with Crippen LogP contribution in [-0.2, 0) is 9.47 Å². The predicted molar refractivity (Wildman–Crippen MR) is 102 cm³/mol. The van der Waals surface area contributed by atoms with E-state index in [0.717, 1.165) is 65.4 Å². The number of aliphatic imine (C=N–C) groups is 1. The summed E-state index contributed by atoms with van der Waals surface area (Å²) in [7, 11) is 1.73. The van der Waals surface area contributed by atoms with E-state index < -0.39 is 0 Å². The van der Waals surface area contributed by atoms with Crippen LogP contribution >= 0.6 is 24.0 Å². The van der Waals surface area contributed by atoms with E-state index in [2.05, 4.69) is 29.1 Å². The standard InChI is InChI=1S/C15H32N4O2.HI/c1-15(2,5-10-20-3)13-18-14(16)17-6-4-7-19-8-11-21-12-9-19;/h4-13H2,1-3H3,(H3,16,17,18);1H. The highest BCUT2D eigenvalue weighted by molar-refractivity contribution is 14.0. The number of guanidine groups is 1. The van der Waals surface area contributed by atoms with Crippen LogP contribution in [0, 0.1) is 5.41 Å². The van der Waals surface area contributed by atoms with Crippen LogP contribution < -0.4 is 11.1 Å². The minimum absolute atomic E-state index is 0. The van der Waals surface area contributed by atoms with Crippen molar-refractivity contribution in [2.24, 2.45) is 16.1 Å². The van der Waals surface area contributed by atoms with Crippen molar-refractivity contribution >= 4 is 29.9 Å². The fraction of sp³-hybridized carbons (Fsp3) is 0.933. The summed E-state index contributed by atoms with van der Waals surface area (Å²) in [5.74, 6) is 0.544. The molecule has 1 fully saturated rings. The predicted octanol–water partition coefficient (Wildman–Crippen LogP) is 1.29. The van der Waals surface area contributed by atoms with E-state index in [0.29, 0.717) is 5.96 Å². The van der Waals surface area contributed by atoms with E-state index in [4.69, 9.17) is 15.2 Å². The maximum atomic E-state index is 5.90. The van der Waals surface area contributed by atoms with Crippen molar-refractivity contribution in [2.75, 3.05) is 59.7 Å². The smallest absolute Gasteiger partial charge is 0.188 e. The highest BCUT2D eigenvalue weighted by Crippen LogP contribution is 2.20. The molecule has 1 aliphatic heterocycles. The second kappa shape index (κ2) is 12.3. The average Bonchev–Trinajstić information content (AvgIpc) is 2.49. The Labute approximate surface area is 152 Å². The van der Waals surface area contributed by atoms with Crippen molar-refractivity contribution in [1.82, 2.24) is 10.2 Å². The zero-order chi connectivity index (χ0) is 15.6. The molecule has 0 amide bonds. The van der Waals surface area contributed by atoms with E-state index in [1.54, 1.807) is 7.11 Å². The second-order valence-corrected chi connectivity index (χ2v) is 6.34. The fourth-order valence-electron chi connectivity index (χ4n) is 2.16. The highest BCUT2D eigenvalue weighted by atomic mass is 127. The molecule has 0 spiro atoms. The number of halogens is 1. The van der Waals surface area contributed by atoms with E-state index in [-0.39, 0.29) is 29.4 Å². The number of ether oxygens (including phenoxy) is 2. The zero-order valence-electron chi connectivity index (χ0n) is 14.3. The molecular weight excluding hydrogens is 395 g/mol. The van der Waals surface area contributed by atoms with Crippen LogP contribution in [0.15, 0.2) is 4.99 Å². The number of nitrogens with zero attached hydrogens (tertiary/aromatic N) is 2. The van der Waals surface area contributed by atoms with Gasteiger partial charge in [-0.15, -0.1) is 24.0 Å². The lowest BCUT2D eigenvalue weighted by Crippen LogP contribution is -2.39. The number of nitrogens with two attached hydrogens (primary N) is 1. The molecule has 0 atom stereocenters. The van der Waals surface area contributed by atoms with Gasteiger partial charge in [0.2, 0.25) is 0 Å². The first-order valence-electron chi connectivity index (χ1n) is 7.86. The molecule has 0 aliphatic carbocycles. The van der Waals surface area contributed by atoms with Crippen LogP contribution in [-0.4, -0.2) is 70.5 Å². The molecule has 0 unspecified atom stereocenters. The summed E-state index contributed by atoms with van der Waals surface area (Å²) in [6.07, 6.45) is 2.06. The van der Waals surface area contributed by atoms with Gasteiger partial charge in [-0.3, -0.25) is 9.89 Å². The Morgan fingerprint density at radius 2 is 2.05 bits per heavy atom. The summed E-state index contributed by atoms with van der Waals surface area (Å²) in [4.78, 5) is 6.85. The Morgan fingerprint density at radius 3 is 2.68 bits per heavy atom. The topological polar surface area (TPSA) is 72.1 Å². The van der Waals surface area contributed by atoms with Crippen molar-refractivity contribution in [3.05, 3.63) is 0 Å². The van der Waals surface area contributed by atoms with Crippen LogP contribution in [0.5, 0.6) is 0 Å². The molecule has 0 aromatic carbocycles. The van der Waals surface area contributed by atoms with Crippen molar-refractivity contribution in [2.45, 2.75) is 26.7 Å². The van der Waals surface area contributed by atoms with E-state index in [9.17, 15) is 0 Å². The summed E-state index contributed by atoms with van der Waals surface area (Å²) in [5, 5.41) is 3.19. The second-order valence-electron chi connectivity index (χ2n) is 6.34. The largest absolute Gasteiger partial charge is 0.385 e. The molecule has 1 saturated heterocycles. The molecule has 6 nitrogen and oxygen atoms in total. The lowest BCUT2D eigenvalue weighted by molar-refractivity contribution is 0.0376. The Kier molecular flexibility index (Phi) is 12.3. The minimum Gasteiger partial charge on any atom is -0.385 e. The molecule has 0 aromatic heterocycles. The minimum atomic E-state index is 0. The molecule has 0 bridgehead atoms. The monoisotopic (exact) mass is 428 g/mol. The molecule has 1 rings (SSSR count). The Morgan fingerprint density at radius 1 is 1.36 bits per heavy atom. The number of hydrogen-bond acceptors (Lipinski definition) is 4. The van der Waals surface area contributed by atoms with Gasteiger partial charge in [-0.25, -0.2) is 0 Å². The quantitative estimate of drug-likeness (QED) is 0.251. The number of morpholine rings is 1. The van der Waals surface area contributed by atoms with Gasteiger partial charge in [-0.1, -0.05) is 13.8 Å². The molecule has 1 heterocycles. The van der Waals surface area contributed by atoms with Crippen LogP contribution in [0.1, 0.15) is 26.7 Å². The summed E-state index contributed by atoms with van der Waals surface area (Å²) in [5.41, 5.74) is 6.02. The third-order valence-corrected chi connectivity index (χ3v) is 3.72. The first-order chi connectivity index (χ1) is 10.0. The van der Waals surface area contributed by atoms with Crippen LogP contribution in [0.25, 0.3) is 0 Å². The van der Waals surface area contributed by atoms with Gasteiger partial charge in [-0.2, -0.15) is 0 Å². The van der Waals surface area contributed by atoms with Crippen LogP contribution in [0.4, 0.5) is 0 Å². The van der Waals surface area contributed by atoms with Gasteiger partial charge >= 0.3 is 0 Å². The number of nitrogens with one attached hydrogen (secondary N) is 1. The first kappa shape index (κ1) is 21.9. The van der Waals surface area contributed by atoms with Crippen molar-refractivity contribution in [3.63, 3.8) is 0 Å². The van der Waals surface area contributed by atoms with E-state index in [1.807, 2.05) is 0 Å². The van der Waals surface area contributed by atoms with Crippen LogP contribution in [0.2, 0.25) is 0 Å². The number of rotatable bonds is 9. The van der Waals surface area contributed by atoms with E-state index >= 15 is 0 Å². The van der Waals surface area contributed by atoms with Crippen molar-refractivity contribution < 1.29 is 9.47 Å². The molecule has 3 N–H and O–H groups in total. The van der Waals surface area contributed by atoms with Gasteiger partial charge in [0.1, 0.15) is 0 Å². The third kappa shape index (κ3) is 10.6. The van der Waals surface area contributed by atoms with Gasteiger partial charge in [0.05, 0.1) is 13.2 Å². The lowest BCUT2D eigenvalue weighted by atomic mass is 9.90. The summed E-state index contributed by atoms with van der Waals surface area (Å²) in [6, 6.07) is 0. The summed E-state index contributed by atoms with van der Waals surface area (Å²) < 4.78 is 10.4. The molecule has 22 heavy (non-hydrogen) atoms. The Balaban J connectivity index is 0.00000441. The van der Waals surface area contributed by atoms with Gasteiger partial charge in [0.15, 0.2) is 5.96 Å². The summed E-state index contributed by atoms with van der Waals surface area (Å²) >= 11 is 0. The molecule has 1 aliphatic rings. The fourth-order valence-corrected chi connectivity index (χ4v) is 2.16. The SMILES string of the molecule is COCCC(C)(C)CN=C(N)NCCCN1CCOCC1.I. The first-order valence-corrected chi connectivity index (χ1v) is 7.86. The lowest BCUT2D eigenvalue weighted by Gasteiger charge is -2.26. The number of hydrogen-bond donors (Lipinski definition) is 2. The van der Waals surface area contributed by atoms with Gasteiger partial charge in [0.25, 0.3) is 0 Å². The zero-order valence-corrected chi connectivity index (χ0v) is 16.6. The van der Waals surface area contributed by atoms with Crippen LogP contribution in [0.3, 0.4) is 0 Å². The molecule has 0 aromatic rings. The Bertz CT molecular complexity index is 308. The molecule has 7 heteroatoms. The van der Waals surface area contributed by atoms with Gasteiger partial charge in [-0.05, 0) is 24.8 Å². The molecule has 132 valence electrons. The molecule has 0 saturated carbocycles. The molecular formula is C15H33IN4O2. The van der Waals surface area contributed by atoms with Gasteiger partial charge in [0, 0.05) is 39.9 Å². The Hall–Kier alpha value is -0.120.